The largest absolute Gasteiger partial charge is 0.481 e. The van der Waals surface area contributed by atoms with Gasteiger partial charge >= 0.3 is 5.97 Å². The Morgan fingerprint density at radius 2 is 2.23 bits per heavy atom. The summed E-state index contributed by atoms with van der Waals surface area (Å²) in [6.07, 6.45) is 1.02. The van der Waals surface area contributed by atoms with Gasteiger partial charge in [-0.25, -0.2) is 0 Å². The van der Waals surface area contributed by atoms with Crippen molar-refractivity contribution in [2.75, 3.05) is 13.3 Å². The molecule has 0 spiro atoms. The highest BCUT2D eigenvalue weighted by Crippen LogP contribution is 2.06. The molecule has 0 amide bonds. The SMILES string of the molecule is CC1(C)COCN1.CCCC(=O)O. The number of nitrogens with one attached hydrogen (secondary N) is 1. The van der Waals surface area contributed by atoms with E-state index in [1.165, 1.54) is 0 Å². The van der Waals surface area contributed by atoms with Crippen molar-refractivity contribution in [3.05, 3.63) is 0 Å². The van der Waals surface area contributed by atoms with Crippen molar-refractivity contribution >= 4 is 5.97 Å². The van der Waals surface area contributed by atoms with Crippen LogP contribution in [0.4, 0.5) is 0 Å². The third-order valence-electron chi connectivity index (χ3n) is 1.58. The first-order valence-electron chi connectivity index (χ1n) is 4.52. The normalized spacial score (nSPS) is 19.0. The van der Waals surface area contributed by atoms with Crippen LogP contribution >= 0.6 is 0 Å². The fraction of sp³-hybridized carbons (Fsp3) is 0.889. The zero-order valence-corrected chi connectivity index (χ0v) is 8.59. The van der Waals surface area contributed by atoms with E-state index in [0.717, 1.165) is 13.0 Å². The quantitative estimate of drug-likeness (QED) is 0.685. The van der Waals surface area contributed by atoms with Crippen molar-refractivity contribution in [3.8, 4) is 0 Å². The molecule has 78 valence electrons. The minimum atomic E-state index is -0.711. The van der Waals surface area contributed by atoms with Crippen LogP contribution in [-0.4, -0.2) is 30.0 Å². The van der Waals surface area contributed by atoms with Crippen LogP contribution in [-0.2, 0) is 9.53 Å². The number of hydrogen-bond donors (Lipinski definition) is 2. The highest BCUT2D eigenvalue weighted by Gasteiger charge is 2.21. The molecule has 0 aromatic heterocycles. The second-order valence-electron chi connectivity index (χ2n) is 3.70. The van der Waals surface area contributed by atoms with E-state index in [-0.39, 0.29) is 5.54 Å². The van der Waals surface area contributed by atoms with Crippen LogP contribution in [0.1, 0.15) is 33.6 Å². The second kappa shape index (κ2) is 5.94. The highest BCUT2D eigenvalue weighted by atomic mass is 16.5. The lowest BCUT2D eigenvalue weighted by molar-refractivity contribution is -0.137. The van der Waals surface area contributed by atoms with E-state index in [4.69, 9.17) is 9.84 Å². The van der Waals surface area contributed by atoms with Gasteiger partial charge in [0.05, 0.1) is 13.3 Å². The van der Waals surface area contributed by atoms with E-state index in [2.05, 4.69) is 19.2 Å². The summed E-state index contributed by atoms with van der Waals surface area (Å²) in [5.41, 5.74) is 0.222. The second-order valence-corrected chi connectivity index (χ2v) is 3.70. The lowest BCUT2D eigenvalue weighted by atomic mass is 10.1. The zero-order valence-electron chi connectivity index (χ0n) is 8.59. The first-order chi connectivity index (χ1) is 5.98. The van der Waals surface area contributed by atoms with Crippen molar-refractivity contribution in [2.45, 2.75) is 39.2 Å². The molecule has 1 rings (SSSR count). The van der Waals surface area contributed by atoms with Crippen LogP contribution < -0.4 is 5.32 Å². The number of rotatable bonds is 2. The van der Waals surface area contributed by atoms with Gasteiger partial charge in [-0.3, -0.25) is 10.1 Å². The maximum atomic E-state index is 9.60. The third-order valence-corrected chi connectivity index (χ3v) is 1.58. The van der Waals surface area contributed by atoms with Crippen molar-refractivity contribution in [2.24, 2.45) is 0 Å². The van der Waals surface area contributed by atoms with Crippen molar-refractivity contribution < 1.29 is 14.6 Å². The highest BCUT2D eigenvalue weighted by molar-refractivity contribution is 5.66. The Hall–Kier alpha value is -0.610. The minimum Gasteiger partial charge on any atom is -0.481 e. The molecule has 4 nitrogen and oxygen atoms in total. The molecule has 0 bridgehead atoms. The predicted molar refractivity (Wildman–Crippen MR) is 50.6 cm³/mol. The van der Waals surface area contributed by atoms with Crippen LogP contribution in [0.15, 0.2) is 0 Å². The van der Waals surface area contributed by atoms with Crippen molar-refractivity contribution in [3.63, 3.8) is 0 Å². The Morgan fingerprint density at radius 1 is 1.62 bits per heavy atom. The molecule has 0 saturated carbocycles. The van der Waals surface area contributed by atoms with Gasteiger partial charge in [-0.2, -0.15) is 0 Å². The third kappa shape index (κ3) is 7.74. The molecule has 1 aliphatic rings. The fourth-order valence-electron chi connectivity index (χ4n) is 0.817. The number of hydrogen-bond acceptors (Lipinski definition) is 3. The Kier molecular flexibility index (Phi) is 5.66. The molecule has 0 aromatic rings. The topological polar surface area (TPSA) is 58.6 Å². The first kappa shape index (κ1) is 12.4. The van der Waals surface area contributed by atoms with E-state index in [1.807, 2.05) is 6.92 Å². The maximum absolute atomic E-state index is 9.60. The summed E-state index contributed by atoms with van der Waals surface area (Å²) in [5, 5.41) is 11.1. The van der Waals surface area contributed by atoms with E-state index in [0.29, 0.717) is 13.2 Å². The van der Waals surface area contributed by atoms with E-state index < -0.39 is 5.97 Å². The van der Waals surface area contributed by atoms with Gasteiger partial charge in [0.15, 0.2) is 0 Å². The van der Waals surface area contributed by atoms with Gasteiger partial charge in [-0.15, -0.1) is 0 Å². The zero-order chi connectivity index (χ0) is 10.3. The molecule has 13 heavy (non-hydrogen) atoms. The Bertz CT molecular complexity index is 149. The Morgan fingerprint density at radius 3 is 2.31 bits per heavy atom. The van der Waals surface area contributed by atoms with Crippen LogP contribution in [0.25, 0.3) is 0 Å². The summed E-state index contributed by atoms with van der Waals surface area (Å²) in [6.45, 7) is 7.65. The Balaban J connectivity index is 0.000000226. The monoisotopic (exact) mass is 189 g/mol. The first-order valence-corrected chi connectivity index (χ1v) is 4.52. The van der Waals surface area contributed by atoms with Gasteiger partial charge in [0, 0.05) is 12.0 Å². The van der Waals surface area contributed by atoms with Gasteiger partial charge < -0.3 is 9.84 Å². The number of carbonyl (C=O) groups is 1. The number of carboxylic acids is 1. The van der Waals surface area contributed by atoms with E-state index >= 15 is 0 Å². The number of carboxylic acid groups (broad SMARTS) is 1. The van der Waals surface area contributed by atoms with E-state index in [9.17, 15) is 4.79 Å². The predicted octanol–water partition coefficient (Wildman–Crippen LogP) is 1.21. The van der Waals surface area contributed by atoms with Gasteiger partial charge in [-0.1, -0.05) is 6.92 Å². The molecule has 0 unspecified atom stereocenters. The molecule has 1 saturated heterocycles. The lowest BCUT2D eigenvalue weighted by Gasteiger charge is -2.12. The van der Waals surface area contributed by atoms with Gasteiger partial charge in [-0.05, 0) is 20.3 Å². The van der Waals surface area contributed by atoms with Gasteiger partial charge in [0.2, 0.25) is 0 Å². The van der Waals surface area contributed by atoms with Crippen LogP contribution in [0.5, 0.6) is 0 Å². The average Bonchev–Trinajstić information content (AvgIpc) is 2.35. The molecule has 0 aliphatic carbocycles. The molecular weight excluding hydrogens is 170 g/mol. The Labute approximate surface area is 79.3 Å². The number of aliphatic carboxylic acids is 1. The van der Waals surface area contributed by atoms with Crippen molar-refractivity contribution in [1.29, 1.82) is 0 Å². The van der Waals surface area contributed by atoms with Gasteiger partial charge in [0.1, 0.15) is 0 Å². The molecule has 4 heteroatoms. The summed E-state index contributed by atoms with van der Waals surface area (Å²) in [4.78, 5) is 9.60. The average molecular weight is 189 g/mol. The fourth-order valence-corrected chi connectivity index (χ4v) is 0.817. The molecule has 0 aromatic carbocycles. The van der Waals surface area contributed by atoms with Crippen LogP contribution in [0, 0.1) is 0 Å². The van der Waals surface area contributed by atoms with Crippen LogP contribution in [0.3, 0.4) is 0 Å². The minimum absolute atomic E-state index is 0.222. The molecule has 1 fully saturated rings. The molecular formula is C9H19NO3. The summed E-state index contributed by atoms with van der Waals surface area (Å²) in [7, 11) is 0. The summed E-state index contributed by atoms with van der Waals surface area (Å²) in [5.74, 6) is -0.711. The molecule has 0 radical (unpaired) electrons. The standard InChI is InChI=1S/C5H11NO.C4H8O2/c1-5(2)3-7-4-6-5;1-2-3-4(5)6/h6H,3-4H2,1-2H3;2-3H2,1H3,(H,5,6). The summed E-state index contributed by atoms with van der Waals surface area (Å²) >= 11 is 0. The van der Waals surface area contributed by atoms with E-state index in [1.54, 1.807) is 0 Å². The van der Waals surface area contributed by atoms with Crippen LogP contribution in [0.2, 0.25) is 0 Å². The lowest BCUT2D eigenvalue weighted by Crippen LogP contribution is -2.34. The summed E-state index contributed by atoms with van der Waals surface area (Å²) < 4.78 is 5.05. The maximum Gasteiger partial charge on any atom is 0.303 e. The number of ether oxygens (including phenoxy) is 1. The van der Waals surface area contributed by atoms with Crippen molar-refractivity contribution in [1.82, 2.24) is 5.32 Å². The molecule has 0 atom stereocenters. The molecule has 2 N–H and O–H groups in total. The molecule has 1 aliphatic heterocycles. The smallest absolute Gasteiger partial charge is 0.303 e. The van der Waals surface area contributed by atoms with Gasteiger partial charge in [0.25, 0.3) is 0 Å². The summed E-state index contributed by atoms with van der Waals surface area (Å²) in [6, 6.07) is 0. The molecule has 1 heterocycles.